The van der Waals surface area contributed by atoms with Crippen LogP contribution in [-0.2, 0) is 20.9 Å². The first-order valence-corrected chi connectivity index (χ1v) is 7.55. The summed E-state index contributed by atoms with van der Waals surface area (Å²) in [6.45, 7) is -0.0198. The standard InChI is InChI=1S/C17H20N2O3/c18-13-17(9-5-2-6-10-17)16(21)19-11-15(20)22-12-14-7-3-1-4-8-14/h1,3-4,7-8H,2,5-6,9-12H2,(H,19,21). The summed E-state index contributed by atoms with van der Waals surface area (Å²) in [5.74, 6) is -0.854. The first-order chi connectivity index (χ1) is 10.7. The molecule has 1 amide bonds. The smallest absolute Gasteiger partial charge is 0.325 e. The molecule has 1 saturated carbocycles. The Morgan fingerprint density at radius 1 is 1.18 bits per heavy atom. The largest absolute Gasteiger partial charge is 0.460 e. The summed E-state index contributed by atoms with van der Waals surface area (Å²) < 4.78 is 5.10. The number of amides is 1. The van der Waals surface area contributed by atoms with Crippen LogP contribution in [0, 0.1) is 16.7 Å². The number of esters is 1. The van der Waals surface area contributed by atoms with E-state index in [1.54, 1.807) is 0 Å². The minimum Gasteiger partial charge on any atom is -0.460 e. The highest BCUT2D eigenvalue weighted by molar-refractivity contribution is 5.88. The molecular weight excluding hydrogens is 280 g/mol. The number of nitriles is 1. The van der Waals surface area contributed by atoms with E-state index in [0.29, 0.717) is 12.8 Å². The number of rotatable bonds is 5. The summed E-state index contributed by atoms with van der Waals surface area (Å²) in [7, 11) is 0. The Kier molecular flexibility index (Phi) is 5.54. The van der Waals surface area contributed by atoms with Gasteiger partial charge in [0.1, 0.15) is 18.6 Å². The quantitative estimate of drug-likeness (QED) is 0.846. The molecule has 116 valence electrons. The third-order valence-corrected chi connectivity index (χ3v) is 3.99. The monoisotopic (exact) mass is 300 g/mol. The molecule has 0 aliphatic heterocycles. The van der Waals surface area contributed by atoms with Crippen molar-refractivity contribution in [3.8, 4) is 6.07 Å². The predicted molar refractivity (Wildman–Crippen MR) is 80.4 cm³/mol. The van der Waals surface area contributed by atoms with Crippen LogP contribution < -0.4 is 5.32 Å². The Morgan fingerprint density at radius 3 is 2.50 bits per heavy atom. The number of carbonyl (C=O) groups excluding carboxylic acids is 2. The van der Waals surface area contributed by atoms with E-state index >= 15 is 0 Å². The lowest BCUT2D eigenvalue weighted by Gasteiger charge is -2.28. The maximum Gasteiger partial charge on any atom is 0.325 e. The minimum absolute atomic E-state index is 0.180. The Morgan fingerprint density at radius 2 is 1.86 bits per heavy atom. The van der Waals surface area contributed by atoms with Crippen LogP contribution in [0.2, 0.25) is 0 Å². The molecule has 0 atom stereocenters. The number of carbonyl (C=O) groups is 2. The van der Waals surface area contributed by atoms with E-state index in [4.69, 9.17) is 4.74 Å². The Bertz CT molecular complexity index is 557. The predicted octanol–water partition coefficient (Wildman–Crippen LogP) is 2.32. The zero-order chi connectivity index (χ0) is 15.8. The van der Waals surface area contributed by atoms with Gasteiger partial charge in [0.25, 0.3) is 0 Å². The van der Waals surface area contributed by atoms with E-state index in [1.165, 1.54) is 0 Å². The van der Waals surface area contributed by atoms with E-state index < -0.39 is 11.4 Å². The number of benzene rings is 1. The van der Waals surface area contributed by atoms with Crippen molar-refractivity contribution in [2.75, 3.05) is 6.54 Å². The van der Waals surface area contributed by atoms with Crippen LogP contribution in [0.15, 0.2) is 30.3 Å². The fraction of sp³-hybridized carbons (Fsp3) is 0.471. The van der Waals surface area contributed by atoms with E-state index in [2.05, 4.69) is 11.4 Å². The molecule has 1 aliphatic rings. The highest BCUT2D eigenvalue weighted by Crippen LogP contribution is 2.35. The molecule has 2 rings (SSSR count). The van der Waals surface area contributed by atoms with E-state index in [9.17, 15) is 14.9 Å². The summed E-state index contributed by atoms with van der Waals surface area (Å²) in [4.78, 5) is 23.9. The molecule has 0 heterocycles. The lowest BCUT2D eigenvalue weighted by Crippen LogP contribution is -2.43. The van der Waals surface area contributed by atoms with Gasteiger partial charge in [0.2, 0.25) is 5.91 Å². The SMILES string of the molecule is N#CC1(C(=O)NCC(=O)OCc2ccccc2)CCCCC1. The normalized spacial score (nSPS) is 16.3. The molecule has 5 nitrogen and oxygen atoms in total. The molecule has 0 saturated heterocycles. The zero-order valence-electron chi connectivity index (χ0n) is 12.5. The summed E-state index contributed by atoms with van der Waals surface area (Å²) in [5, 5.41) is 11.8. The van der Waals surface area contributed by atoms with E-state index in [1.807, 2.05) is 30.3 Å². The summed E-state index contributed by atoms with van der Waals surface area (Å²) in [6, 6.07) is 11.5. The van der Waals surface area contributed by atoms with Crippen molar-refractivity contribution in [1.82, 2.24) is 5.32 Å². The van der Waals surface area contributed by atoms with Gasteiger partial charge in [-0.05, 0) is 18.4 Å². The van der Waals surface area contributed by atoms with Crippen LogP contribution in [0.1, 0.15) is 37.7 Å². The molecule has 22 heavy (non-hydrogen) atoms. The number of ether oxygens (including phenoxy) is 1. The summed E-state index contributed by atoms with van der Waals surface area (Å²) in [5.41, 5.74) is -0.0826. The summed E-state index contributed by atoms with van der Waals surface area (Å²) in [6.07, 6.45) is 3.93. The molecule has 1 fully saturated rings. The van der Waals surface area contributed by atoms with Crippen LogP contribution in [-0.4, -0.2) is 18.4 Å². The average molecular weight is 300 g/mol. The van der Waals surface area contributed by atoms with Gasteiger partial charge in [0.05, 0.1) is 6.07 Å². The zero-order valence-corrected chi connectivity index (χ0v) is 12.5. The number of nitrogens with zero attached hydrogens (tertiary/aromatic N) is 1. The molecule has 5 heteroatoms. The van der Waals surface area contributed by atoms with Gasteiger partial charge in [-0.15, -0.1) is 0 Å². The van der Waals surface area contributed by atoms with Gasteiger partial charge in [-0.2, -0.15) is 5.26 Å². The second kappa shape index (κ2) is 7.60. The van der Waals surface area contributed by atoms with Gasteiger partial charge < -0.3 is 10.1 Å². The van der Waals surface area contributed by atoms with Crippen LogP contribution in [0.3, 0.4) is 0 Å². The van der Waals surface area contributed by atoms with Crippen LogP contribution in [0.4, 0.5) is 0 Å². The highest BCUT2D eigenvalue weighted by Gasteiger charge is 2.39. The third kappa shape index (κ3) is 4.08. The maximum absolute atomic E-state index is 12.2. The molecule has 0 unspecified atom stereocenters. The molecule has 1 N–H and O–H groups in total. The topological polar surface area (TPSA) is 79.2 Å². The Labute approximate surface area is 130 Å². The Hall–Kier alpha value is -2.35. The van der Waals surface area contributed by atoms with Crippen LogP contribution in [0.25, 0.3) is 0 Å². The van der Waals surface area contributed by atoms with Gasteiger partial charge in [-0.25, -0.2) is 0 Å². The van der Waals surface area contributed by atoms with Crippen LogP contribution in [0.5, 0.6) is 0 Å². The summed E-state index contributed by atoms with van der Waals surface area (Å²) >= 11 is 0. The fourth-order valence-corrected chi connectivity index (χ4v) is 2.66. The first kappa shape index (κ1) is 16.0. The average Bonchev–Trinajstić information content (AvgIpc) is 2.59. The molecule has 0 bridgehead atoms. The maximum atomic E-state index is 12.2. The van der Waals surface area contributed by atoms with Crippen LogP contribution >= 0.6 is 0 Å². The Balaban J connectivity index is 1.78. The van der Waals surface area contributed by atoms with Crippen molar-refractivity contribution in [3.05, 3.63) is 35.9 Å². The van der Waals surface area contributed by atoms with E-state index in [0.717, 1.165) is 24.8 Å². The molecule has 1 aromatic carbocycles. The second-order valence-corrected chi connectivity index (χ2v) is 5.58. The van der Waals surface area contributed by atoms with Gasteiger partial charge in [-0.1, -0.05) is 49.6 Å². The fourth-order valence-electron chi connectivity index (χ4n) is 2.66. The lowest BCUT2D eigenvalue weighted by atomic mass is 9.74. The number of hydrogen-bond acceptors (Lipinski definition) is 4. The first-order valence-electron chi connectivity index (χ1n) is 7.55. The van der Waals surface area contributed by atoms with Crippen molar-refractivity contribution in [1.29, 1.82) is 5.26 Å². The molecule has 0 aromatic heterocycles. The van der Waals surface area contributed by atoms with Gasteiger partial charge in [0.15, 0.2) is 0 Å². The highest BCUT2D eigenvalue weighted by atomic mass is 16.5. The van der Waals surface area contributed by atoms with Gasteiger partial charge in [0, 0.05) is 0 Å². The lowest BCUT2D eigenvalue weighted by molar-refractivity contribution is -0.146. The van der Waals surface area contributed by atoms with E-state index in [-0.39, 0.29) is 19.1 Å². The molecule has 1 aliphatic carbocycles. The second-order valence-electron chi connectivity index (χ2n) is 5.58. The van der Waals surface area contributed by atoms with Crippen molar-refractivity contribution in [2.45, 2.75) is 38.7 Å². The van der Waals surface area contributed by atoms with Crippen molar-refractivity contribution < 1.29 is 14.3 Å². The number of hydrogen-bond donors (Lipinski definition) is 1. The molecule has 1 aromatic rings. The van der Waals surface area contributed by atoms with Gasteiger partial charge in [-0.3, -0.25) is 9.59 Å². The van der Waals surface area contributed by atoms with Gasteiger partial charge >= 0.3 is 5.97 Å². The third-order valence-electron chi connectivity index (χ3n) is 3.99. The minimum atomic E-state index is -0.974. The molecule has 0 spiro atoms. The molecule has 0 radical (unpaired) electrons. The number of nitrogens with one attached hydrogen (secondary N) is 1. The molecular formula is C17H20N2O3. The van der Waals surface area contributed by atoms with Crippen molar-refractivity contribution in [2.24, 2.45) is 5.41 Å². The van der Waals surface area contributed by atoms with Crippen molar-refractivity contribution in [3.63, 3.8) is 0 Å². The van der Waals surface area contributed by atoms with Crippen molar-refractivity contribution >= 4 is 11.9 Å².